The lowest BCUT2D eigenvalue weighted by atomic mass is 9.73. The van der Waals surface area contributed by atoms with Crippen molar-refractivity contribution in [2.24, 2.45) is 5.41 Å². The molecule has 0 heterocycles. The molecule has 2 atom stereocenters. The van der Waals surface area contributed by atoms with Crippen molar-refractivity contribution in [3.8, 4) is 0 Å². The van der Waals surface area contributed by atoms with Crippen molar-refractivity contribution in [2.75, 3.05) is 0 Å². The molecule has 10 heteroatoms. The lowest BCUT2D eigenvalue weighted by Crippen LogP contribution is -2.52. The van der Waals surface area contributed by atoms with E-state index in [-0.39, 0.29) is 38.9 Å². The van der Waals surface area contributed by atoms with E-state index in [1.165, 1.54) is 13.8 Å². The van der Waals surface area contributed by atoms with E-state index in [9.17, 15) is 24.3 Å². The number of carbonyl (C=O) groups excluding carboxylic acids is 2. The molecule has 0 bridgehead atoms. The van der Waals surface area contributed by atoms with E-state index in [2.05, 4.69) is 0 Å². The molecule has 2 N–H and O–H groups in total. The molecule has 0 aliphatic carbocycles. The molecule has 2 aromatic rings. The molecule has 0 saturated heterocycles. The number of carbonyl (C=O) groups is 4. The zero-order valence-electron chi connectivity index (χ0n) is 20.8. The SMILES string of the molecule is CC(OC(=O)OCc1ccccc1)C(CCCCC(=O)O)(C(=O)O)C(C)OC(=O)OCc1ccccc1. The summed E-state index contributed by atoms with van der Waals surface area (Å²) in [7, 11) is 0. The molecule has 0 fully saturated rings. The van der Waals surface area contributed by atoms with Gasteiger partial charge < -0.3 is 29.2 Å². The van der Waals surface area contributed by atoms with Crippen LogP contribution < -0.4 is 0 Å². The Labute approximate surface area is 215 Å². The normalized spacial score (nSPS) is 13.9. The first-order chi connectivity index (χ1) is 17.6. The van der Waals surface area contributed by atoms with Gasteiger partial charge in [-0.15, -0.1) is 0 Å². The van der Waals surface area contributed by atoms with Crippen LogP contribution >= 0.6 is 0 Å². The lowest BCUT2D eigenvalue weighted by Gasteiger charge is -2.38. The van der Waals surface area contributed by atoms with Gasteiger partial charge in [0.1, 0.15) is 30.8 Å². The fraction of sp³-hybridized carbons (Fsp3) is 0.407. The van der Waals surface area contributed by atoms with E-state index in [1.807, 2.05) is 12.1 Å². The highest BCUT2D eigenvalue weighted by atomic mass is 16.7. The Bertz CT molecular complexity index is 958. The van der Waals surface area contributed by atoms with Gasteiger partial charge in [0, 0.05) is 6.42 Å². The number of unbranched alkanes of at least 4 members (excludes halogenated alkanes) is 1. The number of hydrogen-bond acceptors (Lipinski definition) is 8. The van der Waals surface area contributed by atoms with Crippen LogP contribution in [0.3, 0.4) is 0 Å². The molecule has 2 unspecified atom stereocenters. The van der Waals surface area contributed by atoms with Gasteiger partial charge >= 0.3 is 24.2 Å². The zero-order valence-corrected chi connectivity index (χ0v) is 20.8. The lowest BCUT2D eigenvalue weighted by molar-refractivity contribution is -0.171. The first-order valence-electron chi connectivity index (χ1n) is 11.8. The van der Waals surface area contributed by atoms with Crippen LogP contribution in [0.1, 0.15) is 50.7 Å². The summed E-state index contributed by atoms with van der Waals surface area (Å²) >= 11 is 0. The molecule has 0 radical (unpaired) electrons. The summed E-state index contributed by atoms with van der Waals surface area (Å²) in [6, 6.07) is 17.7. The van der Waals surface area contributed by atoms with Crippen molar-refractivity contribution >= 4 is 24.2 Å². The van der Waals surface area contributed by atoms with Crippen molar-refractivity contribution in [1.29, 1.82) is 0 Å². The maximum atomic E-state index is 12.6. The fourth-order valence-electron chi connectivity index (χ4n) is 3.89. The first kappa shape index (κ1) is 29.2. The summed E-state index contributed by atoms with van der Waals surface area (Å²) in [4.78, 5) is 48.2. The predicted octanol–water partition coefficient (Wildman–Crippen LogP) is 5.19. The zero-order chi connectivity index (χ0) is 27.3. The molecule has 0 aromatic heterocycles. The second-order valence-electron chi connectivity index (χ2n) is 8.52. The minimum Gasteiger partial charge on any atom is -0.481 e. The smallest absolute Gasteiger partial charge is 0.481 e. The number of ether oxygens (including phenoxy) is 4. The van der Waals surface area contributed by atoms with Gasteiger partial charge in [-0.05, 0) is 37.8 Å². The summed E-state index contributed by atoms with van der Waals surface area (Å²) in [5.41, 5.74) is -0.470. The van der Waals surface area contributed by atoms with Crippen molar-refractivity contribution in [2.45, 2.75) is 65.0 Å². The van der Waals surface area contributed by atoms with E-state index in [0.717, 1.165) is 0 Å². The summed E-state index contributed by atoms with van der Waals surface area (Å²) in [6.07, 6.45) is -4.73. The Kier molecular flexibility index (Phi) is 11.4. The molecule has 10 nitrogen and oxygen atoms in total. The maximum Gasteiger partial charge on any atom is 0.508 e. The van der Waals surface area contributed by atoms with Crippen LogP contribution in [0, 0.1) is 5.41 Å². The molecular formula is C27H32O10. The van der Waals surface area contributed by atoms with Crippen molar-refractivity contribution < 1.29 is 48.3 Å². The summed E-state index contributed by atoms with van der Waals surface area (Å²) in [5.74, 6) is -2.40. The number of aliphatic carboxylic acids is 2. The second kappa shape index (κ2) is 14.5. The molecule has 200 valence electrons. The van der Waals surface area contributed by atoms with Gasteiger partial charge in [0.25, 0.3) is 0 Å². The largest absolute Gasteiger partial charge is 0.508 e. The minimum absolute atomic E-state index is 0.0804. The molecule has 37 heavy (non-hydrogen) atoms. The van der Waals surface area contributed by atoms with E-state index >= 15 is 0 Å². The maximum absolute atomic E-state index is 12.6. The van der Waals surface area contributed by atoms with E-state index in [4.69, 9.17) is 24.1 Å². The second-order valence-corrected chi connectivity index (χ2v) is 8.52. The quantitative estimate of drug-likeness (QED) is 0.254. The molecule has 0 amide bonds. The van der Waals surface area contributed by atoms with Gasteiger partial charge in [-0.25, -0.2) is 9.59 Å². The van der Waals surface area contributed by atoms with Gasteiger partial charge in [0.2, 0.25) is 0 Å². The van der Waals surface area contributed by atoms with E-state index in [1.54, 1.807) is 48.5 Å². The van der Waals surface area contributed by atoms with Crippen molar-refractivity contribution in [3.05, 3.63) is 71.8 Å². The Morgan fingerprint density at radius 3 is 1.54 bits per heavy atom. The van der Waals surface area contributed by atoms with E-state index in [0.29, 0.717) is 11.1 Å². The number of rotatable bonds is 14. The molecule has 0 spiro atoms. The molecule has 0 aliphatic heterocycles. The molecule has 0 aliphatic rings. The topological polar surface area (TPSA) is 146 Å². The van der Waals surface area contributed by atoms with Crippen LogP contribution in [0.25, 0.3) is 0 Å². The van der Waals surface area contributed by atoms with Crippen LogP contribution in [0.5, 0.6) is 0 Å². The van der Waals surface area contributed by atoms with Crippen LogP contribution in [-0.2, 0) is 41.8 Å². The molecule has 2 rings (SSSR count). The predicted molar refractivity (Wildman–Crippen MR) is 131 cm³/mol. The standard InChI is InChI=1S/C27H32O10/c1-19(36-25(32)34-17-21-11-5-3-6-12-21)27(24(30)31,16-10-9-15-23(28)29)20(2)37-26(33)35-18-22-13-7-4-8-14-22/h3-8,11-14,19-20H,9-10,15-18H2,1-2H3,(H,28,29)(H,30,31). The third kappa shape index (κ3) is 9.14. The van der Waals surface area contributed by atoms with Crippen molar-refractivity contribution in [3.63, 3.8) is 0 Å². The van der Waals surface area contributed by atoms with Gasteiger partial charge in [-0.1, -0.05) is 67.1 Å². The minimum atomic E-state index is -1.89. The first-order valence-corrected chi connectivity index (χ1v) is 11.8. The highest BCUT2D eigenvalue weighted by molar-refractivity contribution is 5.77. The highest BCUT2D eigenvalue weighted by Gasteiger charge is 2.52. The molecular weight excluding hydrogens is 484 g/mol. The van der Waals surface area contributed by atoms with E-state index < -0.39 is 41.9 Å². The summed E-state index contributed by atoms with van der Waals surface area (Å²) < 4.78 is 20.9. The number of benzene rings is 2. The summed E-state index contributed by atoms with van der Waals surface area (Å²) in [6.45, 7) is 2.57. The Hall–Kier alpha value is -4.08. The van der Waals surface area contributed by atoms with Crippen LogP contribution in [-0.4, -0.2) is 46.7 Å². The number of carboxylic acid groups (broad SMARTS) is 2. The average Bonchev–Trinajstić information content (AvgIpc) is 2.87. The fourth-order valence-corrected chi connectivity index (χ4v) is 3.89. The Morgan fingerprint density at radius 1 is 0.730 bits per heavy atom. The Balaban J connectivity index is 2.12. The van der Waals surface area contributed by atoms with Crippen LogP contribution in [0.2, 0.25) is 0 Å². The van der Waals surface area contributed by atoms with Crippen LogP contribution in [0.4, 0.5) is 9.59 Å². The summed E-state index contributed by atoms with van der Waals surface area (Å²) in [5, 5.41) is 19.2. The van der Waals surface area contributed by atoms with Crippen LogP contribution in [0.15, 0.2) is 60.7 Å². The Morgan fingerprint density at radius 2 is 1.16 bits per heavy atom. The third-order valence-electron chi connectivity index (χ3n) is 6.03. The molecule has 2 aromatic carbocycles. The average molecular weight is 517 g/mol. The van der Waals surface area contributed by atoms with Gasteiger partial charge in [-0.3, -0.25) is 9.59 Å². The highest BCUT2D eigenvalue weighted by Crippen LogP contribution is 2.38. The van der Waals surface area contributed by atoms with Gasteiger partial charge in [0.05, 0.1) is 0 Å². The number of hydrogen-bond donors (Lipinski definition) is 2. The molecule has 0 saturated carbocycles. The third-order valence-corrected chi connectivity index (χ3v) is 6.03. The van der Waals surface area contributed by atoms with Crippen molar-refractivity contribution in [1.82, 2.24) is 0 Å². The monoisotopic (exact) mass is 516 g/mol. The van der Waals surface area contributed by atoms with Gasteiger partial charge in [-0.2, -0.15) is 0 Å². The van der Waals surface area contributed by atoms with Gasteiger partial charge in [0.15, 0.2) is 0 Å². The number of carboxylic acids is 2.